The number of hydrogen-bond donors (Lipinski definition) is 16. The molecule has 55 atom stereocenters. The van der Waals surface area contributed by atoms with Gasteiger partial charge in [0.2, 0.25) is 0 Å². The molecule has 59 nitrogen and oxygen atoms in total. The van der Waals surface area contributed by atoms with E-state index in [-0.39, 0.29) is 19.8 Å². The Morgan fingerprint density at radius 1 is 0.238 bits per heavy atom. The van der Waals surface area contributed by atoms with Gasteiger partial charge in [0, 0.05) is 132 Å². The molecule has 11 heterocycles. The van der Waals surface area contributed by atoms with Crippen LogP contribution in [0.25, 0.3) is 10.4 Å². The molecule has 11 aliphatic heterocycles. The van der Waals surface area contributed by atoms with E-state index in [9.17, 15) is 96.8 Å². The molecule has 11 aliphatic rings. The van der Waals surface area contributed by atoms with Crippen molar-refractivity contribution in [3.63, 3.8) is 0 Å². The van der Waals surface area contributed by atoms with Gasteiger partial charge in [0.15, 0.2) is 81.4 Å². The molecule has 0 radical (unpaired) electrons. The lowest BCUT2D eigenvalue weighted by atomic mass is 9.90. The number of methoxy groups -OCH3 is 17. The van der Waals surface area contributed by atoms with Crippen molar-refractivity contribution in [2.75, 3.05) is 180 Å². The average molecular weight is 2090 g/mol. The molecule has 23 unspecified atom stereocenters. The van der Waals surface area contributed by atoms with Crippen LogP contribution < -0.4 is 0 Å². The van der Waals surface area contributed by atoms with E-state index in [0.29, 0.717) is 0 Å². The van der Waals surface area contributed by atoms with Crippen molar-refractivity contribution >= 4 is 11.9 Å². The van der Waals surface area contributed by atoms with Crippen molar-refractivity contribution in [3.05, 3.63) is 10.4 Å². The number of nitrogens with zero attached hydrogens (tertiary/aromatic N) is 3. The van der Waals surface area contributed by atoms with Crippen molar-refractivity contribution in [2.24, 2.45) is 11.0 Å². The molecule has 59 heteroatoms. The maximum atomic E-state index is 13.6. The molecule has 830 valence electrons. The van der Waals surface area contributed by atoms with E-state index in [1.165, 1.54) is 107 Å². The number of ether oxygens (including phenoxy) is 38. The molecule has 0 bridgehead atoms. The first kappa shape index (κ1) is 119. The summed E-state index contributed by atoms with van der Waals surface area (Å²) in [4.78, 5) is 29.8. The fraction of sp³-hybridized carbons (Fsp3) is 0.976. The molecule has 143 heavy (non-hydrogen) atoms. The smallest absolute Gasteiger partial charge is 0.335 e. The van der Waals surface area contributed by atoms with Crippen LogP contribution in [0, 0.1) is 5.92 Å². The van der Waals surface area contributed by atoms with Crippen LogP contribution in [0.2, 0.25) is 0 Å². The predicted molar refractivity (Wildman–Crippen MR) is 455 cm³/mol. The number of carbonyl (C=O) groups is 2. The predicted octanol–water partition coefficient (Wildman–Crippen LogP) is -11.1. The zero-order valence-corrected chi connectivity index (χ0v) is 81.9. The Morgan fingerprint density at radius 3 is 0.783 bits per heavy atom. The Hall–Kier alpha value is -3.83. The monoisotopic (exact) mass is 2090 g/mol. The van der Waals surface area contributed by atoms with Crippen molar-refractivity contribution in [1.82, 2.24) is 0 Å². The molecule has 0 aliphatic carbocycles. The third-order valence-corrected chi connectivity index (χ3v) is 27.4. The van der Waals surface area contributed by atoms with E-state index in [2.05, 4.69) is 10.0 Å². The molecular formula is C84H143N3O56. The third kappa shape index (κ3) is 25.6. The Balaban J connectivity index is 0.752. The van der Waals surface area contributed by atoms with Gasteiger partial charge in [0.25, 0.3) is 0 Å². The van der Waals surface area contributed by atoms with Crippen LogP contribution in [0.15, 0.2) is 5.11 Å². The summed E-state index contributed by atoms with van der Waals surface area (Å²) in [5.74, 6) is -4.23. The van der Waals surface area contributed by atoms with Gasteiger partial charge < -0.3 is 262 Å². The van der Waals surface area contributed by atoms with Gasteiger partial charge in [0.05, 0.1) is 71.7 Å². The number of hydrogen-bond acceptors (Lipinski definition) is 55. The van der Waals surface area contributed by atoms with Crippen LogP contribution in [0.3, 0.4) is 0 Å². The van der Waals surface area contributed by atoms with Crippen LogP contribution >= 0.6 is 0 Å². The molecule has 11 saturated heterocycles. The highest BCUT2D eigenvalue weighted by Crippen LogP contribution is 2.46. The van der Waals surface area contributed by atoms with Gasteiger partial charge >= 0.3 is 11.9 Å². The second kappa shape index (κ2) is 55.6. The lowest BCUT2D eigenvalue weighted by Crippen LogP contribution is -2.69. The van der Waals surface area contributed by atoms with Crippen molar-refractivity contribution < 1.29 is 271 Å². The highest BCUT2D eigenvalue weighted by atomic mass is 16.8. The Morgan fingerprint density at radius 2 is 0.469 bits per heavy atom. The van der Waals surface area contributed by atoms with Crippen LogP contribution in [0.5, 0.6) is 0 Å². The van der Waals surface area contributed by atoms with E-state index in [1.807, 2.05) is 0 Å². The summed E-state index contributed by atoms with van der Waals surface area (Å²) in [5, 5.41) is 179. The SMILES string of the molecule is COCC1O[C@@H](O[C@H]2C(OC)C(OC)[C@@H](O[C@H]3C(OC)C(OC)[C@H](O[C@@H]4C(CO)O[C@@H](O[C@@H]5C(C(=O)O)O[C@@H](O[C@H]6C(O)C(O)[C@@H](O[C@H]7C(OC)C(OC)[C@@H](O[C@@H]8C(CO)O[C@H](OC)C(O)[C@H]8C)O[C@H]7C(=O)O)O[C@H]6CO)C(OC)[C@H]5OC)C(N=[N+]=[N-])[C@H]4OC)O[C@H]3COC)O[C@H]2COC)C(OC)[C@@H](OC)[C@@H]1O[C@@H]1OC(CO)[C@@H](O[C@@H]2O[C@@H](CO)[C@@H](O[C@H]3O[C@@H](CO)C(O)C(O)C3O)C(O)C2O)[C@H](OC)C1OC. The highest BCUT2D eigenvalue weighted by Gasteiger charge is 2.65. The van der Waals surface area contributed by atoms with Gasteiger partial charge in [-0.2, -0.15) is 0 Å². The first-order valence-electron chi connectivity index (χ1n) is 46.0. The van der Waals surface area contributed by atoms with Gasteiger partial charge in [-0.3, -0.25) is 0 Å². The van der Waals surface area contributed by atoms with E-state index in [1.54, 1.807) is 6.92 Å². The normalized spacial score (nSPS) is 47.5. The summed E-state index contributed by atoms with van der Waals surface area (Å²) >= 11 is 0. The molecule has 0 aromatic rings. The van der Waals surface area contributed by atoms with Crippen LogP contribution in [-0.4, -0.2) is 606 Å². The van der Waals surface area contributed by atoms with Crippen LogP contribution in [-0.2, 0) is 190 Å². The lowest BCUT2D eigenvalue weighted by Gasteiger charge is -2.52. The average Bonchev–Trinajstić information content (AvgIpc) is 0.762. The van der Waals surface area contributed by atoms with Crippen molar-refractivity contribution in [1.29, 1.82) is 0 Å². The minimum Gasteiger partial charge on any atom is -0.479 e. The first-order chi connectivity index (χ1) is 68.8. The summed E-state index contributed by atoms with van der Waals surface area (Å²) in [6.07, 6.45) is -82.7. The number of aliphatic carboxylic acids is 2. The van der Waals surface area contributed by atoms with E-state index < -0.39 is 389 Å². The molecule has 11 rings (SSSR count). The first-order valence-corrected chi connectivity index (χ1v) is 46.0. The maximum Gasteiger partial charge on any atom is 0.335 e. The molecule has 0 amide bonds. The molecule has 16 N–H and O–H groups in total. The van der Waals surface area contributed by atoms with Gasteiger partial charge in [-0.05, 0) is 5.53 Å². The zero-order valence-electron chi connectivity index (χ0n) is 81.9. The topological polar surface area (TPSA) is 757 Å². The van der Waals surface area contributed by atoms with E-state index in [4.69, 9.17) is 180 Å². The largest absolute Gasteiger partial charge is 0.479 e. The van der Waals surface area contributed by atoms with Gasteiger partial charge in [0.1, 0.15) is 238 Å². The maximum absolute atomic E-state index is 13.6. The number of rotatable bonds is 49. The Kier molecular flexibility index (Phi) is 46.5. The lowest BCUT2D eigenvalue weighted by molar-refractivity contribution is -0.403. The Bertz CT molecular complexity index is 3780. The number of aliphatic hydroxyl groups excluding tert-OH is 14. The van der Waals surface area contributed by atoms with Gasteiger partial charge in [-0.15, -0.1) is 0 Å². The minimum atomic E-state index is -2.21. The van der Waals surface area contributed by atoms with Crippen molar-refractivity contribution in [2.45, 2.75) is 339 Å². The summed E-state index contributed by atoms with van der Waals surface area (Å²) < 4.78 is 233. The molecule has 11 fully saturated rings. The number of carboxylic acids is 2. The zero-order chi connectivity index (χ0) is 105. The fourth-order valence-electron chi connectivity index (χ4n) is 20.1. The number of carboxylic acid groups (broad SMARTS) is 2. The summed E-state index contributed by atoms with van der Waals surface area (Å²) in [6, 6.07) is -1.69. The molecule has 0 aromatic heterocycles. The summed E-state index contributed by atoms with van der Waals surface area (Å²) in [6.45, 7) is -4.28. The second-order valence-electron chi connectivity index (χ2n) is 35.2. The third-order valence-electron chi connectivity index (χ3n) is 27.4. The molecular weight excluding hydrogens is 1950 g/mol. The number of aliphatic hydroxyl groups is 14. The second-order valence-corrected chi connectivity index (χ2v) is 35.2. The molecule has 0 saturated carbocycles. The van der Waals surface area contributed by atoms with Crippen LogP contribution in [0.4, 0.5) is 0 Å². The fourth-order valence-corrected chi connectivity index (χ4v) is 20.1. The van der Waals surface area contributed by atoms with E-state index in [0.717, 1.165) is 14.2 Å². The standard InChI is InChI=1S/C84H143N3O56/c1-28-39(94)75(122-18)125-30(20-89)47(28)132-83-70(120-16)61(115-11)63(65(142-83)73(104)105)141-78-46(101)43(98)49(32(22-91)127-78)134-84-71(121-17)60(114-10)62(64(143-84)72(102)103)140-74-38(86-87-85)55(109-5)50(33(23-92)124-74)136-80-67(117-13)58(112-8)53(36(129-80)26-107-3)138-82-69(119-15)59(113-9)54(37(131-82)27-108-4)139-81-68(118-14)57(111-7)52(35(130-81)25-106-2)137-79-66(116-12)56(110-6)51(34(24-93)128-79)135-77-45(100)42(97)48(31(21-90)126-77)133-76-44(99)41(96)40(95)29(19-88)123-76/h28-71,74-84,88-101H,19-27H2,1-18H3,(H,102,103)(H,104,105)/t28-,29+,30?,31+,32+,33?,34?,35?,36+,37+,38?,39?,40?,41?,42?,43?,44?,45?,46?,47+,48-,49-,50-,51-,52-,53-,54-,55-,56+,57+,58?,59?,60+,61?,62+,63+,64?,65-,66?,67?,68?,69?,70?,71?,74+,75+,76-,77+,78-,79+,80+,81+,82-,83+,84-/m1/s1. The van der Waals surface area contributed by atoms with Gasteiger partial charge in [-0.25, -0.2) is 9.59 Å². The summed E-state index contributed by atoms with van der Waals surface area (Å²) in [5.41, 5.74) is 10.3. The Labute approximate surface area is 820 Å². The van der Waals surface area contributed by atoms with Gasteiger partial charge in [-0.1, -0.05) is 12.0 Å². The molecule has 0 aromatic carbocycles. The highest BCUT2D eigenvalue weighted by molar-refractivity contribution is 5.74. The minimum absolute atomic E-state index is 0.223. The number of azide groups is 1. The summed E-state index contributed by atoms with van der Waals surface area (Å²) in [7, 11) is 21.9. The van der Waals surface area contributed by atoms with Crippen molar-refractivity contribution in [3.8, 4) is 0 Å². The molecule has 0 spiro atoms. The van der Waals surface area contributed by atoms with Crippen LogP contribution in [0.1, 0.15) is 6.92 Å². The quantitative estimate of drug-likeness (QED) is 0.0153. The van der Waals surface area contributed by atoms with E-state index >= 15 is 0 Å².